The molecule has 1 atom stereocenters. The van der Waals surface area contributed by atoms with Crippen molar-refractivity contribution < 1.29 is 23.8 Å². The molecule has 0 bridgehead atoms. The van der Waals surface area contributed by atoms with Crippen LogP contribution in [0.5, 0.6) is 11.5 Å². The lowest BCUT2D eigenvalue weighted by Gasteiger charge is -2.17. The van der Waals surface area contributed by atoms with Gasteiger partial charge in [-0.1, -0.05) is 25.1 Å². The van der Waals surface area contributed by atoms with Gasteiger partial charge in [-0.15, -0.1) is 0 Å². The molecule has 0 radical (unpaired) electrons. The maximum absolute atomic E-state index is 12.6. The number of hydrogen-bond acceptors (Lipinski definition) is 5. The van der Waals surface area contributed by atoms with E-state index in [0.29, 0.717) is 18.8 Å². The van der Waals surface area contributed by atoms with Crippen LogP contribution in [0.15, 0.2) is 54.7 Å². The molecule has 0 spiro atoms. The van der Waals surface area contributed by atoms with Crippen molar-refractivity contribution in [3.8, 4) is 11.5 Å². The first-order valence-corrected chi connectivity index (χ1v) is 10.4. The molecule has 1 amide bonds. The van der Waals surface area contributed by atoms with E-state index in [4.69, 9.17) is 14.2 Å². The number of nitrogens with one attached hydrogen (secondary N) is 2. The van der Waals surface area contributed by atoms with E-state index in [1.54, 1.807) is 0 Å². The third-order valence-electron chi connectivity index (χ3n) is 4.65. The zero-order valence-electron chi connectivity index (χ0n) is 17.9. The molecule has 1 unspecified atom stereocenters. The number of H-pyrrole nitrogens is 1. The molecule has 2 aromatic carbocycles. The second-order valence-electron chi connectivity index (χ2n) is 7.15. The van der Waals surface area contributed by atoms with Gasteiger partial charge in [0.1, 0.15) is 30.8 Å². The van der Waals surface area contributed by atoms with Crippen LogP contribution in [0.2, 0.25) is 0 Å². The molecule has 3 rings (SSSR count). The van der Waals surface area contributed by atoms with Gasteiger partial charge in [-0.3, -0.25) is 4.79 Å². The highest BCUT2D eigenvalue weighted by atomic mass is 16.6. The Bertz CT molecular complexity index is 997. The van der Waals surface area contributed by atoms with E-state index in [2.05, 4.69) is 17.2 Å². The standard InChI is InChI=1S/C24H28N2O5/c1-3-12-29-19-8-10-20(11-9-19)30-13-14-31-24(28)23(26-17(2)27)15-18-16-25-22-7-5-4-6-21(18)22/h4-11,16,23,25H,3,12-15H2,1-2H3,(H,26,27). The highest BCUT2D eigenvalue weighted by Gasteiger charge is 2.23. The van der Waals surface area contributed by atoms with Crippen molar-refractivity contribution in [2.45, 2.75) is 32.7 Å². The van der Waals surface area contributed by atoms with E-state index in [0.717, 1.165) is 28.6 Å². The molecule has 7 nitrogen and oxygen atoms in total. The minimum atomic E-state index is -0.772. The van der Waals surface area contributed by atoms with Crippen LogP contribution >= 0.6 is 0 Å². The van der Waals surface area contributed by atoms with Crippen molar-refractivity contribution in [3.63, 3.8) is 0 Å². The van der Waals surface area contributed by atoms with Crippen LogP contribution in [0.25, 0.3) is 10.9 Å². The topological polar surface area (TPSA) is 89.7 Å². The van der Waals surface area contributed by atoms with Gasteiger partial charge in [0.25, 0.3) is 0 Å². The molecule has 0 aliphatic rings. The molecule has 0 saturated heterocycles. The zero-order valence-corrected chi connectivity index (χ0v) is 17.9. The monoisotopic (exact) mass is 424 g/mol. The van der Waals surface area contributed by atoms with Gasteiger partial charge in [0.15, 0.2) is 0 Å². The maximum Gasteiger partial charge on any atom is 0.329 e. The van der Waals surface area contributed by atoms with Gasteiger partial charge >= 0.3 is 5.97 Å². The van der Waals surface area contributed by atoms with Gasteiger partial charge in [0, 0.05) is 30.4 Å². The fraction of sp³-hybridized carbons (Fsp3) is 0.333. The average molecular weight is 424 g/mol. The Morgan fingerprint density at radius 1 is 0.968 bits per heavy atom. The minimum absolute atomic E-state index is 0.0802. The molecule has 0 aliphatic carbocycles. The molecule has 0 aliphatic heterocycles. The van der Waals surface area contributed by atoms with Crippen molar-refractivity contribution in [2.24, 2.45) is 0 Å². The van der Waals surface area contributed by atoms with Gasteiger partial charge in [0.05, 0.1) is 6.61 Å². The lowest BCUT2D eigenvalue weighted by atomic mass is 10.0. The van der Waals surface area contributed by atoms with E-state index < -0.39 is 12.0 Å². The molecule has 3 aromatic rings. The summed E-state index contributed by atoms with van der Waals surface area (Å²) in [6.07, 6.45) is 3.13. The Morgan fingerprint density at radius 3 is 2.32 bits per heavy atom. The van der Waals surface area contributed by atoms with E-state index in [-0.39, 0.29) is 19.1 Å². The number of benzene rings is 2. The van der Waals surface area contributed by atoms with Crippen LogP contribution in [0.3, 0.4) is 0 Å². The van der Waals surface area contributed by atoms with Crippen molar-refractivity contribution in [2.75, 3.05) is 19.8 Å². The third-order valence-corrected chi connectivity index (χ3v) is 4.65. The van der Waals surface area contributed by atoms with E-state index >= 15 is 0 Å². The summed E-state index contributed by atoms with van der Waals surface area (Å²) in [7, 11) is 0. The number of fused-ring (bicyclic) bond motifs is 1. The summed E-state index contributed by atoms with van der Waals surface area (Å²) < 4.78 is 16.5. The molecule has 1 heterocycles. The lowest BCUT2D eigenvalue weighted by Crippen LogP contribution is -2.42. The first kappa shape index (κ1) is 22.2. The first-order chi connectivity index (χ1) is 15.1. The zero-order chi connectivity index (χ0) is 22.1. The largest absolute Gasteiger partial charge is 0.494 e. The summed E-state index contributed by atoms with van der Waals surface area (Å²) in [5.74, 6) is 0.670. The SMILES string of the molecule is CCCOc1ccc(OCCOC(=O)C(Cc2c[nH]c3ccccc23)NC(C)=O)cc1. The van der Waals surface area contributed by atoms with Crippen LogP contribution < -0.4 is 14.8 Å². The number of carbonyl (C=O) groups excluding carboxylic acids is 2. The van der Waals surface area contributed by atoms with Gasteiger partial charge in [0.2, 0.25) is 5.91 Å². The van der Waals surface area contributed by atoms with Crippen molar-refractivity contribution >= 4 is 22.8 Å². The van der Waals surface area contributed by atoms with E-state index in [1.807, 2.05) is 54.7 Å². The Balaban J connectivity index is 1.50. The molecule has 0 fully saturated rings. The third kappa shape index (κ3) is 6.50. The van der Waals surface area contributed by atoms with Gasteiger partial charge in [-0.25, -0.2) is 4.79 Å². The second kappa shape index (κ2) is 11.1. The van der Waals surface area contributed by atoms with E-state index in [1.165, 1.54) is 6.92 Å². The van der Waals surface area contributed by atoms with Crippen molar-refractivity contribution in [1.29, 1.82) is 0 Å². The van der Waals surface area contributed by atoms with Crippen LogP contribution in [0, 0.1) is 0 Å². The molecule has 7 heteroatoms. The summed E-state index contributed by atoms with van der Waals surface area (Å²) in [6, 6.07) is 14.3. The Labute approximate surface area is 181 Å². The summed E-state index contributed by atoms with van der Waals surface area (Å²) >= 11 is 0. The Morgan fingerprint density at radius 2 is 1.65 bits per heavy atom. The normalized spacial score (nSPS) is 11.7. The number of esters is 1. The lowest BCUT2D eigenvalue weighted by molar-refractivity contribution is -0.148. The highest BCUT2D eigenvalue weighted by Crippen LogP contribution is 2.20. The minimum Gasteiger partial charge on any atom is -0.494 e. The fourth-order valence-corrected chi connectivity index (χ4v) is 3.21. The van der Waals surface area contributed by atoms with Gasteiger partial charge in [-0.05, 0) is 42.3 Å². The number of aromatic amines is 1. The van der Waals surface area contributed by atoms with Crippen molar-refractivity contribution in [3.05, 3.63) is 60.3 Å². The quantitative estimate of drug-likeness (QED) is 0.362. The number of rotatable bonds is 11. The van der Waals surface area contributed by atoms with Crippen LogP contribution in [-0.2, 0) is 20.7 Å². The molecule has 1 aromatic heterocycles. The van der Waals surface area contributed by atoms with Crippen LogP contribution in [0.4, 0.5) is 0 Å². The number of aromatic nitrogens is 1. The van der Waals surface area contributed by atoms with Crippen LogP contribution in [-0.4, -0.2) is 42.7 Å². The van der Waals surface area contributed by atoms with Gasteiger partial charge in [-0.2, -0.15) is 0 Å². The second-order valence-corrected chi connectivity index (χ2v) is 7.15. The number of hydrogen-bond donors (Lipinski definition) is 2. The maximum atomic E-state index is 12.6. The van der Waals surface area contributed by atoms with E-state index in [9.17, 15) is 9.59 Å². The predicted octanol–water partition coefficient (Wildman–Crippen LogP) is 3.63. The Kier molecular flexibility index (Phi) is 7.92. The van der Waals surface area contributed by atoms with Crippen molar-refractivity contribution in [1.82, 2.24) is 10.3 Å². The number of ether oxygens (including phenoxy) is 3. The summed E-state index contributed by atoms with van der Waals surface area (Å²) in [5.41, 5.74) is 1.92. The summed E-state index contributed by atoms with van der Waals surface area (Å²) in [4.78, 5) is 27.4. The number of carbonyl (C=O) groups is 2. The molecule has 164 valence electrons. The van der Waals surface area contributed by atoms with Crippen LogP contribution in [0.1, 0.15) is 25.8 Å². The fourth-order valence-electron chi connectivity index (χ4n) is 3.21. The summed E-state index contributed by atoms with van der Waals surface area (Å²) in [6.45, 7) is 4.39. The number of para-hydroxylation sites is 1. The molecular weight excluding hydrogens is 396 g/mol. The average Bonchev–Trinajstić information content (AvgIpc) is 3.18. The first-order valence-electron chi connectivity index (χ1n) is 10.4. The predicted molar refractivity (Wildman–Crippen MR) is 118 cm³/mol. The molecule has 31 heavy (non-hydrogen) atoms. The Hall–Kier alpha value is -3.48. The molecule has 2 N–H and O–H groups in total. The summed E-state index contributed by atoms with van der Waals surface area (Å²) in [5, 5.41) is 3.70. The smallest absolute Gasteiger partial charge is 0.329 e. The number of amides is 1. The molecular formula is C24H28N2O5. The van der Waals surface area contributed by atoms with Gasteiger partial charge < -0.3 is 24.5 Å². The highest BCUT2D eigenvalue weighted by molar-refractivity contribution is 5.86. The molecule has 0 saturated carbocycles.